The van der Waals surface area contributed by atoms with E-state index in [1.54, 1.807) is 20.3 Å². The van der Waals surface area contributed by atoms with Crippen molar-refractivity contribution in [1.82, 2.24) is 5.32 Å². The van der Waals surface area contributed by atoms with Gasteiger partial charge in [-0.2, -0.15) is 0 Å². The van der Waals surface area contributed by atoms with Crippen LogP contribution in [0.15, 0.2) is 18.2 Å². The molecule has 0 fully saturated rings. The van der Waals surface area contributed by atoms with Gasteiger partial charge in [0.15, 0.2) is 0 Å². The van der Waals surface area contributed by atoms with E-state index in [2.05, 4.69) is 5.32 Å². The molecule has 4 N–H and O–H groups in total. The van der Waals surface area contributed by atoms with E-state index >= 15 is 0 Å². The number of methoxy groups -OCH3 is 2. The van der Waals surface area contributed by atoms with Gasteiger partial charge in [0.25, 0.3) is 0 Å². The van der Waals surface area contributed by atoms with Crippen LogP contribution in [0, 0.1) is 0 Å². The third kappa shape index (κ3) is 3.90. The molecule has 0 radical (unpaired) electrons. The Bertz CT molecular complexity index is 409. The number of ether oxygens (including phenoxy) is 2. The van der Waals surface area contributed by atoms with Crippen molar-refractivity contribution < 1.29 is 19.4 Å². The number of hydrogen-bond acceptors (Lipinski definition) is 5. The largest absolute Gasteiger partial charge is 0.497 e. The SMILES string of the molecule is COc1ccc(CNCC(O)C(N)=O)c(OC)c1. The Labute approximate surface area is 106 Å². The Hall–Kier alpha value is -1.79. The lowest BCUT2D eigenvalue weighted by Gasteiger charge is -2.12. The highest BCUT2D eigenvalue weighted by atomic mass is 16.5. The Morgan fingerprint density at radius 1 is 1.44 bits per heavy atom. The predicted molar refractivity (Wildman–Crippen MR) is 66.5 cm³/mol. The summed E-state index contributed by atoms with van der Waals surface area (Å²) in [7, 11) is 3.15. The Balaban J connectivity index is 2.59. The normalized spacial score (nSPS) is 11.9. The summed E-state index contributed by atoms with van der Waals surface area (Å²) in [6.07, 6.45) is -1.19. The van der Waals surface area contributed by atoms with Crippen molar-refractivity contribution in [3.63, 3.8) is 0 Å². The molecule has 1 rings (SSSR count). The van der Waals surface area contributed by atoms with E-state index in [1.165, 1.54) is 0 Å². The maximum Gasteiger partial charge on any atom is 0.247 e. The first kappa shape index (κ1) is 14.3. The maximum absolute atomic E-state index is 10.6. The van der Waals surface area contributed by atoms with E-state index in [1.807, 2.05) is 12.1 Å². The quantitative estimate of drug-likeness (QED) is 0.618. The summed E-state index contributed by atoms with van der Waals surface area (Å²) in [4.78, 5) is 10.6. The molecule has 6 heteroatoms. The van der Waals surface area contributed by atoms with Gasteiger partial charge in [-0.05, 0) is 6.07 Å². The van der Waals surface area contributed by atoms with Crippen molar-refractivity contribution in [2.75, 3.05) is 20.8 Å². The van der Waals surface area contributed by atoms with Crippen molar-refractivity contribution in [2.24, 2.45) is 5.73 Å². The molecule has 0 bridgehead atoms. The highest BCUT2D eigenvalue weighted by molar-refractivity contribution is 5.78. The van der Waals surface area contributed by atoms with Crippen LogP contribution < -0.4 is 20.5 Å². The van der Waals surface area contributed by atoms with E-state index in [0.29, 0.717) is 18.0 Å². The smallest absolute Gasteiger partial charge is 0.247 e. The number of carbonyl (C=O) groups is 1. The Morgan fingerprint density at radius 3 is 2.72 bits per heavy atom. The molecule has 0 saturated heterocycles. The molecule has 1 amide bonds. The van der Waals surface area contributed by atoms with Crippen LogP contribution in [-0.4, -0.2) is 37.9 Å². The van der Waals surface area contributed by atoms with Crippen molar-refractivity contribution in [1.29, 1.82) is 0 Å². The fourth-order valence-corrected chi connectivity index (χ4v) is 1.44. The molecule has 1 aromatic carbocycles. The molecule has 0 aliphatic rings. The molecule has 0 saturated carbocycles. The summed E-state index contributed by atoms with van der Waals surface area (Å²) in [6, 6.07) is 5.42. The summed E-state index contributed by atoms with van der Waals surface area (Å²) in [5.74, 6) is 0.632. The van der Waals surface area contributed by atoms with Crippen LogP contribution in [0.2, 0.25) is 0 Å². The van der Waals surface area contributed by atoms with Crippen LogP contribution in [0.4, 0.5) is 0 Å². The third-order valence-corrected chi connectivity index (χ3v) is 2.48. The van der Waals surface area contributed by atoms with E-state index in [-0.39, 0.29) is 6.54 Å². The van der Waals surface area contributed by atoms with Crippen LogP contribution in [-0.2, 0) is 11.3 Å². The minimum atomic E-state index is -1.19. The number of aliphatic hydroxyl groups excluding tert-OH is 1. The molecule has 1 atom stereocenters. The first-order valence-electron chi connectivity index (χ1n) is 5.47. The number of primary amides is 1. The van der Waals surface area contributed by atoms with Gasteiger partial charge in [0.05, 0.1) is 14.2 Å². The van der Waals surface area contributed by atoms with Crippen LogP contribution in [0.1, 0.15) is 5.56 Å². The van der Waals surface area contributed by atoms with Crippen molar-refractivity contribution in [3.8, 4) is 11.5 Å². The zero-order valence-electron chi connectivity index (χ0n) is 10.5. The summed E-state index contributed by atoms with van der Waals surface area (Å²) >= 11 is 0. The average molecular weight is 254 g/mol. The van der Waals surface area contributed by atoms with Gasteiger partial charge in [0.2, 0.25) is 5.91 Å². The zero-order valence-corrected chi connectivity index (χ0v) is 10.5. The second-order valence-corrected chi connectivity index (χ2v) is 3.73. The van der Waals surface area contributed by atoms with Crippen LogP contribution in [0.25, 0.3) is 0 Å². The van der Waals surface area contributed by atoms with E-state index < -0.39 is 12.0 Å². The summed E-state index contributed by atoms with van der Waals surface area (Å²) in [5.41, 5.74) is 5.84. The molecule has 1 unspecified atom stereocenters. The monoisotopic (exact) mass is 254 g/mol. The summed E-state index contributed by atoms with van der Waals surface area (Å²) in [5, 5.41) is 12.1. The lowest BCUT2D eigenvalue weighted by Crippen LogP contribution is -2.37. The molecule has 0 spiro atoms. The van der Waals surface area contributed by atoms with Crippen LogP contribution in [0.5, 0.6) is 11.5 Å². The number of carbonyl (C=O) groups excluding carboxylic acids is 1. The highest BCUT2D eigenvalue weighted by Gasteiger charge is 2.10. The molecule has 0 aliphatic heterocycles. The second-order valence-electron chi connectivity index (χ2n) is 3.73. The van der Waals surface area contributed by atoms with Gasteiger partial charge >= 0.3 is 0 Å². The zero-order chi connectivity index (χ0) is 13.5. The number of nitrogens with one attached hydrogen (secondary N) is 1. The summed E-state index contributed by atoms with van der Waals surface area (Å²) in [6.45, 7) is 0.558. The number of nitrogens with two attached hydrogens (primary N) is 1. The van der Waals surface area contributed by atoms with Gasteiger partial charge < -0.3 is 25.6 Å². The second kappa shape index (κ2) is 6.83. The molecular weight excluding hydrogens is 236 g/mol. The number of benzene rings is 1. The molecule has 100 valence electrons. The minimum absolute atomic E-state index is 0.102. The molecule has 0 aliphatic carbocycles. The van der Waals surface area contributed by atoms with Gasteiger partial charge in [-0.25, -0.2) is 0 Å². The molecular formula is C12H18N2O4. The van der Waals surface area contributed by atoms with Gasteiger partial charge in [-0.1, -0.05) is 6.07 Å². The van der Waals surface area contributed by atoms with Gasteiger partial charge in [0, 0.05) is 24.7 Å². The lowest BCUT2D eigenvalue weighted by molar-refractivity contribution is -0.125. The van der Waals surface area contributed by atoms with Gasteiger partial charge in [-0.3, -0.25) is 4.79 Å². The van der Waals surface area contributed by atoms with E-state index in [9.17, 15) is 9.90 Å². The van der Waals surface area contributed by atoms with Crippen molar-refractivity contribution in [2.45, 2.75) is 12.6 Å². The number of rotatable bonds is 7. The van der Waals surface area contributed by atoms with Gasteiger partial charge in [-0.15, -0.1) is 0 Å². The number of aliphatic hydroxyl groups is 1. The van der Waals surface area contributed by atoms with Crippen molar-refractivity contribution in [3.05, 3.63) is 23.8 Å². The summed E-state index contributed by atoms with van der Waals surface area (Å²) < 4.78 is 10.3. The number of amides is 1. The van der Waals surface area contributed by atoms with Crippen LogP contribution >= 0.6 is 0 Å². The van der Waals surface area contributed by atoms with E-state index in [4.69, 9.17) is 15.2 Å². The first-order valence-corrected chi connectivity index (χ1v) is 5.47. The topological polar surface area (TPSA) is 93.8 Å². The lowest BCUT2D eigenvalue weighted by atomic mass is 10.2. The number of hydrogen-bond donors (Lipinski definition) is 3. The van der Waals surface area contributed by atoms with Crippen molar-refractivity contribution >= 4 is 5.91 Å². The van der Waals surface area contributed by atoms with Gasteiger partial charge in [0.1, 0.15) is 17.6 Å². The first-order chi connectivity index (χ1) is 8.58. The fourth-order valence-electron chi connectivity index (χ4n) is 1.44. The molecule has 1 aromatic rings. The highest BCUT2D eigenvalue weighted by Crippen LogP contribution is 2.24. The van der Waals surface area contributed by atoms with E-state index in [0.717, 1.165) is 5.56 Å². The minimum Gasteiger partial charge on any atom is -0.497 e. The molecule has 0 heterocycles. The standard InChI is InChI=1S/C12H18N2O4/c1-17-9-4-3-8(11(5-9)18-2)6-14-7-10(15)12(13)16/h3-5,10,14-15H,6-7H2,1-2H3,(H2,13,16). The molecule has 18 heavy (non-hydrogen) atoms. The third-order valence-electron chi connectivity index (χ3n) is 2.48. The molecule has 0 aromatic heterocycles. The average Bonchev–Trinajstić information content (AvgIpc) is 2.38. The Kier molecular flexibility index (Phi) is 5.41. The van der Waals surface area contributed by atoms with Crippen LogP contribution in [0.3, 0.4) is 0 Å². The molecule has 6 nitrogen and oxygen atoms in total. The fraction of sp³-hybridized carbons (Fsp3) is 0.417. The Morgan fingerprint density at radius 2 is 2.17 bits per heavy atom. The maximum atomic E-state index is 10.6. The predicted octanol–water partition coefficient (Wildman–Crippen LogP) is -0.360.